The van der Waals surface area contributed by atoms with Crippen LogP contribution >= 0.6 is 0 Å². The standard InChI is InChI=1S/C20H19FN4O3/c21-15-4-1-3-14(9-15)19-24-18(13-28-19)20(26)25-8-7-23-10-16(25)12-27-17-5-2-6-22-11-17/h1-6,9,11,13,16,23H,7-8,10,12H2. The summed E-state index contributed by atoms with van der Waals surface area (Å²) in [5.41, 5.74) is 0.670. The zero-order chi connectivity index (χ0) is 19.3. The number of oxazole rings is 1. The first kappa shape index (κ1) is 18.1. The number of piperazine rings is 1. The highest BCUT2D eigenvalue weighted by Crippen LogP contribution is 2.21. The molecule has 1 aromatic carbocycles. The predicted molar refractivity (Wildman–Crippen MR) is 99.3 cm³/mol. The van der Waals surface area contributed by atoms with E-state index in [1.165, 1.54) is 18.4 Å². The Kier molecular flexibility index (Phi) is 5.29. The number of hydrogen-bond acceptors (Lipinski definition) is 6. The van der Waals surface area contributed by atoms with Crippen LogP contribution in [0.1, 0.15) is 10.5 Å². The summed E-state index contributed by atoms with van der Waals surface area (Å²) in [5, 5.41) is 3.27. The molecule has 0 radical (unpaired) electrons. The number of hydrogen-bond donors (Lipinski definition) is 1. The van der Waals surface area contributed by atoms with Crippen molar-refractivity contribution in [3.63, 3.8) is 0 Å². The van der Waals surface area contributed by atoms with E-state index in [1.807, 2.05) is 6.07 Å². The highest BCUT2D eigenvalue weighted by molar-refractivity contribution is 5.92. The normalized spacial score (nSPS) is 16.8. The molecule has 1 atom stereocenters. The van der Waals surface area contributed by atoms with Crippen molar-refractivity contribution in [2.75, 3.05) is 26.2 Å². The maximum Gasteiger partial charge on any atom is 0.276 e. The molecular formula is C20H19FN4O3. The number of nitrogens with one attached hydrogen (secondary N) is 1. The molecule has 3 heterocycles. The van der Waals surface area contributed by atoms with Gasteiger partial charge in [0.2, 0.25) is 5.89 Å². The highest BCUT2D eigenvalue weighted by atomic mass is 19.1. The zero-order valence-electron chi connectivity index (χ0n) is 15.0. The van der Waals surface area contributed by atoms with E-state index in [2.05, 4.69) is 15.3 Å². The van der Waals surface area contributed by atoms with E-state index in [0.717, 1.165) is 0 Å². The third-order valence-corrected chi connectivity index (χ3v) is 4.48. The number of carbonyl (C=O) groups is 1. The lowest BCUT2D eigenvalue weighted by Gasteiger charge is -2.35. The molecule has 1 unspecified atom stereocenters. The zero-order valence-corrected chi connectivity index (χ0v) is 15.0. The molecular weight excluding hydrogens is 363 g/mol. The van der Waals surface area contributed by atoms with Crippen molar-refractivity contribution in [1.82, 2.24) is 20.2 Å². The van der Waals surface area contributed by atoms with Crippen molar-refractivity contribution in [2.45, 2.75) is 6.04 Å². The molecule has 144 valence electrons. The summed E-state index contributed by atoms with van der Waals surface area (Å²) in [4.78, 5) is 23.0. The van der Waals surface area contributed by atoms with Gasteiger partial charge in [-0.2, -0.15) is 0 Å². The average Bonchev–Trinajstić information content (AvgIpc) is 3.23. The average molecular weight is 382 g/mol. The third-order valence-electron chi connectivity index (χ3n) is 4.48. The Morgan fingerprint density at radius 2 is 2.29 bits per heavy atom. The Morgan fingerprint density at radius 3 is 3.11 bits per heavy atom. The smallest absolute Gasteiger partial charge is 0.276 e. The van der Waals surface area contributed by atoms with E-state index >= 15 is 0 Å². The van der Waals surface area contributed by atoms with Crippen molar-refractivity contribution >= 4 is 5.91 Å². The molecule has 1 N–H and O–H groups in total. The van der Waals surface area contributed by atoms with Crippen LogP contribution in [0.3, 0.4) is 0 Å². The fourth-order valence-electron chi connectivity index (χ4n) is 3.08. The molecule has 7 nitrogen and oxygen atoms in total. The topological polar surface area (TPSA) is 80.5 Å². The number of aromatic nitrogens is 2. The number of halogens is 1. The largest absolute Gasteiger partial charge is 0.490 e. The van der Waals surface area contributed by atoms with Crippen LogP contribution < -0.4 is 10.1 Å². The first-order chi connectivity index (χ1) is 13.7. The summed E-state index contributed by atoms with van der Waals surface area (Å²) in [6, 6.07) is 9.35. The van der Waals surface area contributed by atoms with E-state index in [0.29, 0.717) is 37.6 Å². The van der Waals surface area contributed by atoms with E-state index in [1.54, 1.807) is 35.5 Å². The fraction of sp³-hybridized carbons (Fsp3) is 0.250. The molecule has 1 fully saturated rings. The van der Waals surface area contributed by atoms with E-state index in [-0.39, 0.29) is 23.5 Å². The molecule has 0 aliphatic carbocycles. The first-order valence-corrected chi connectivity index (χ1v) is 8.97. The van der Waals surface area contributed by atoms with Crippen molar-refractivity contribution in [1.29, 1.82) is 0 Å². The number of carbonyl (C=O) groups excluding carboxylic acids is 1. The second-order valence-corrected chi connectivity index (χ2v) is 6.40. The summed E-state index contributed by atoms with van der Waals surface area (Å²) in [5.74, 6) is 0.224. The van der Waals surface area contributed by atoms with Crippen LogP contribution in [-0.4, -0.2) is 53.1 Å². The number of rotatable bonds is 5. The number of amides is 1. The lowest BCUT2D eigenvalue weighted by molar-refractivity contribution is 0.0553. The predicted octanol–water partition coefficient (Wildman–Crippen LogP) is 2.37. The third kappa shape index (κ3) is 4.01. The Morgan fingerprint density at radius 1 is 1.36 bits per heavy atom. The summed E-state index contributed by atoms with van der Waals surface area (Å²) < 4.78 is 24.6. The maximum absolute atomic E-state index is 13.4. The van der Waals surface area contributed by atoms with Gasteiger partial charge in [0, 0.05) is 31.4 Å². The van der Waals surface area contributed by atoms with Crippen molar-refractivity contribution in [3.8, 4) is 17.2 Å². The van der Waals surface area contributed by atoms with Crippen LogP contribution in [-0.2, 0) is 0 Å². The van der Waals surface area contributed by atoms with Crippen LogP contribution in [0, 0.1) is 5.82 Å². The van der Waals surface area contributed by atoms with Crippen LogP contribution in [0.5, 0.6) is 5.75 Å². The van der Waals surface area contributed by atoms with Crippen LogP contribution in [0.2, 0.25) is 0 Å². The van der Waals surface area contributed by atoms with Gasteiger partial charge in [-0.3, -0.25) is 9.78 Å². The van der Waals surface area contributed by atoms with Gasteiger partial charge in [-0.25, -0.2) is 9.37 Å². The van der Waals surface area contributed by atoms with Gasteiger partial charge in [-0.05, 0) is 30.3 Å². The number of pyridine rings is 1. The molecule has 8 heteroatoms. The van der Waals surface area contributed by atoms with Gasteiger partial charge in [0.1, 0.15) is 24.4 Å². The minimum absolute atomic E-state index is 0.157. The molecule has 3 aromatic rings. The first-order valence-electron chi connectivity index (χ1n) is 8.97. The number of benzene rings is 1. The minimum atomic E-state index is -0.390. The Labute approximate surface area is 161 Å². The second-order valence-electron chi connectivity index (χ2n) is 6.40. The molecule has 0 bridgehead atoms. The van der Waals surface area contributed by atoms with Crippen molar-refractivity contribution in [2.24, 2.45) is 0 Å². The molecule has 1 aliphatic rings. The van der Waals surface area contributed by atoms with Gasteiger partial charge >= 0.3 is 0 Å². The Hall–Kier alpha value is -3.26. The molecule has 4 rings (SSSR count). The summed E-state index contributed by atoms with van der Waals surface area (Å²) in [6.45, 7) is 2.16. The molecule has 1 saturated heterocycles. The molecule has 1 aliphatic heterocycles. The highest BCUT2D eigenvalue weighted by Gasteiger charge is 2.30. The number of ether oxygens (including phenoxy) is 1. The van der Waals surface area contributed by atoms with E-state index in [9.17, 15) is 9.18 Å². The van der Waals surface area contributed by atoms with Crippen molar-refractivity contribution in [3.05, 3.63) is 66.6 Å². The Bertz CT molecular complexity index is 947. The van der Waals surface area contributed by atoms with Gasteiger partial charge in [0.05, 0.1) is 12.2 Å². The molecule has 2 aromatic heterocycles. The summed E-state index contributed by atoms with van der Waals surface area (Å²) >= 11 is 0. The molecule has 28 heavy (non-hydrogen) atoms. The van der Waals surface area contributed by atoms with Gasteiger partial charge in [-0.1, -0.05) is 6.07 Å². The van der Waals surface area contributed by atoms with Crippen LogP contribution in [0.25, 0.3) is 11.5 Å². The number of nitrogens with zero attached hydrogens (tertiary/aromatic N) is 3. The van der Waals surface area contributed by atoms with Crippen molar-refractivity contribution < 1.29 is 18.3 Å². The Balaban J connectivity index is 1.47. The monoisotopic (exact) mass is 382 g/mol. The molecule has 0 saturated carbocycles. The van der Waals surface area contributed by atoms with Gasteiger partial charge in [-0.15, -0.1) is 0 Å². The van der Waals surface area contributed by atoms with Gasteiger partial charge < -0.3 is 19.4 Å². The summed E-state index contributed by atoms with van der Waals surface area (Å²) in [6.07, 6.45) is 4.61. The van der Waals surface area contributed by atoms with Gasteiger partial charge in [0.15, 0.2) is 5.69 Å². The van der Waals surface area contributed by atoms with Gasteiger partial charge in [0.25, 0.3) is 5.91 Å². The summed E-state index contributed by atoms with van der Waals surface area (Å²) in [7, 11) is 0. The quantitative estimate of drug-likeness (QED) is 0.730. The lowest BCUT2D eigenvalue weighted by atomic mass is 10.2. The fourth-order valence-corrected chi connectivity index (χ4v) is 3.08. The molecule has 1 amide bonds. The maximum atomic E-state index is 13.4. The minimum Gasteiger partial charge on any atom is -0.490 e. The van der Waals surface area contributed by atoms with E-state index < -0.39 is 5.82 Å². The van der Waals surface area contributed by atoms with Crippen LogP contribution in [0.15, 0.2) is 59.5 Å². The SMILES string of the molecule is O=C(c1coc(-c2cccc(F)c2)n1)N1CCNCC1COc1cccnc1. The lowest BCUT2D eigenvalue weighted by Crippen LogP contribution is -2.56. The van der Waals surface area contributed by atoms with E-state index in [4.69, 9.17) is 9.15 Å². The van der Waals surface area contributed by atoms with Crippen LogP contribution in [0.4, 0.5) is 4.39 Å². The molecule has 0 spiro atoms. The second kappa shape index (κ2) is 8.18.